The summed E-state index contributed by atoms with van der Waals surface area (Å²) < 4.78 is 7.46. The lowest BCUT2D eigenvalue weighted by molar-refractivity contribution is 0.425. The number of benzene rings is 1. The number of nitrogens with zero attached hydrogens (tertiary/aromatic N) is 5. The van der Waals surface area contributed by atoms with E-state index in [1.807, 2.05) is 25.1 Å². The quantitative estimate of drug-likeness (QED) is 0.651. The van der Waals surface area contributed by atoms with E-state index in [1.54, 1.807) is 18.1 Å². The monoisotopic (exact) mass is 347 g/mol. The Morgan fingerprint density at radius 1 is 1.39 bits per heavy atom. The first-order valence-corrected chi connectivity index (χ1v) is 8.68. The molecule has 0 amide bonds. The summed E-state index contributed by atoms with van der Waals surface area (Å²) in [5.74, 6) is 1.64. The molecule has 23 heavy (non-hydrogen) atoms. The summed E-state index contributed by atoms with van der Waals surface area (Å²) >= 11 is 7.77. The van der Waals surface area contributed by atoms with E-state index in [4.69, 9.17) is 16.1 Å². The Labute approximate surface area is 142 Å². The number of hydrogen-bond donors (Lipinski definition) is 0. The van der Waals surface area contributed by atoms with Gasteiger partial charge in [-0.25, -0.2) is 0 Å². The Morgan fingerprint density at radius 3 is 3.09 bits per heavy atom. The largest absolute Gasteiger partial charge is 0.334 e. The van der Waals surface area contributed by atoms with Gasteiger partial charge < -0.3 is 9.09 Å². The molecule has 1 aromatic carbocycles. The molecule has 0 saturated heterocycles. The van der Waals surface area contributed by atoms with Crippen molar-refractivity contribution in [3.05, 3.63) is 40.9 Å². The third-order valence-electron chi connectivity index (χ3n) is 3.63. The number of rotatable bonds is 5. The maximum absolute atomic E-state index is 6.21. The molecule has 0 atom stereocenters. The molecule has 3 aromatic rings. The SMILES string of the molecule is Cc1ccc(Cl)c(-c2nc(CSc3nncn3C3CC3)no2)c1. The van der Waals surface area contributed by atoms with E-state index in [0.29, 0.717) is 28.5 Å². The molecule has 0 unspecified atom stereocenters. The third-order valence-corrected chi connectivity index (χ3v) is 4.91. The summed E-state index contributed by atoms with van der Waals surface area (Å²) in [6, 6.07) is 6.28. The number of aromatic nitrogens is 5. The van der Waals surface area contributed by atoms with Crippen LogP contribution in [0.1, 0.15) is 30.3 Å². The molecule has 1 fully saturated rings. The maximum Gasteiger partial charge on any atom is 0.259 e. The van der Waals surface area contributed by atoms with Crippen LogP contribution in [0.5, 0.6) is 0 Å². The zero-order chi connectivity index (χ0) is 15.8. The minimum absolute atomic E-state index is 0.443. The molecule has 4 rings (SSSR count). The maximum atomic E-state index is 6.21. The van der Waals surface area contributed by atoms with Gasteiger partial charge in [0.2, 0.25) is 0 Å². The fourth-order valence-corrected chi connectivity index (χ4v) is 3.32. The van der Waals surface area contributed by atoms with Crippen molar-refractivity contribution in [1.29, 1.82) is 0 Å². The Bertz CT molecular complexity index is 842. The zero-order valence-corrected chi connectivity index (χ0v) is 14.0. The van der Waals surface area contributed by atoms with Crippen molar-refractivity contribution in [1.82, 2.24) is 24.9 Å². The van der Waals surface area contributed by atoms with E-state index in [0.717, 1.165) is 16.3 Å². The van der Waals surface area contributed by atoms with Gasteiger partial charge in [-0.05, 0) is 31.9 Å². The molecule has 1 aliphatic carbocycles. The molecule has 1 saturated carbocycles. The van der Waals surface area contributed by atoms with Gasteiger partial charge in [-0.2, -0.15) is 4.98 Å². The Hall–Kier alpha value is -1.86. The lowest BCUT2D eigenvalue weighted by Gasteiger charge is -2.01. The van der Waals surface area contributed by atoms with Crippen molar-refractivity contribution in [2.24, 2.45) is 0 Å². The van der Waals surface area contributed by atoms with Gasteiger partial charge in [-0.15, -0.1) is 10.2 Å². The van der Waals surface area contributed by atoms with Crippen LogP contribution in [0, 0.1) is 6.92 Å². The highest BCUT2D eigenvalue weighted by Gasteiger charge is 2.26. The fraction of sp³-hybridized carbons (Fsp3) is 0.333. The molecule has 6 nitrogen and oxygen atoms in total. The fourth-order valence-electron chi connectivity index (χ4n) is 2.29. The van der Waals surface area contributed by atoms with Crippen LogP contribution < -0.4 is 0 Å². The molecule has 0 N–H and O–H groups in total. The van der Waals surface area contributed by atoms with Crippen molar-refractivity contribution < 1.29 is 4.52 Å². The van der Waals surface area contributed by atoms with Gasteiger partial charge in [0.25, 0.3) is 5.89 Å². The summed E-state index contributed by atoms with van der Waals surface area (Å²) in [6.07, 6.45) is 4.18. The van der Waals surface area contributed by atoms with Gasteiger partial charge >= 0.3 is 0 Å². The van der Waals surface area contributed by atoms with Crippen LogP contribution >= 0.6 is 23.4 Å². The van der Waals surface area contributed by atoms with Crippen molar-refractivity contribution in [2.45, 2.75) is 36.7 Å². The second kappa shape index (κ2) is 5.98. The van der Waals surface area contributed by atoms with E-state index < -0.39 is 0 Å². The predicted molar refractivity (Wildman–Crippen MR) is 87.3 cm³/mol. The molecule has 2 aromatic heterocycles. The lowest BCUT2D eigenvalue weighted by atomic mass is 10.1. The first-order valence-electron chi connectivity index (χ1n) is 7.32. The highest BCUT2D eigenvalue weighted by atomic mass is 35.5. The molecule has 1 aliphatic rings. The van der Waals surface area contributed by atoms with E-state index in [9.17, 15) is 0 Å². The van der Waals surface area contributed by atoms with Gasteiger partial charge in [0, 0.05) is 6.04 Å². The van der Waals surface area contributed by atoms with E-state index in [-0.39, 0.29) is 0 Å². The number of halogens is 1. The first-order chi connectivity index (χ1) is 11.2. The van der Waals surface area contributed by atoms with Gasteiger partial charge in [0.05, 0.1) is 16.3 Å². The van der Waals surface area contributed by atoms with Crippen molar-refractivity contribution in [2.75, 3.05) is 0 Å². The molecule has 2 heterocycles. The van der Waals surface area contributed by atoms with Crippen molar-refractivity contribution in [3.8, 4) is 11.5 Å². The topological polar surface area (TPSA) is 69.6 Å². The number of aryl methyl sites for hydroxylation is 1. The Morgan fingerprint density at radius 2 is 2.26 bits per heavy atom. The minimum atomic E-state index is 0.443. The molecular weight excluding hydrogens is 334 g/mol. The van der Waals surface area contributed by atoms with Crippen LogP contribution in [-0.2, 0) is 5.75 Å². The van der Waals surface area contributed by atoms with Gasteiger partial charge in [-0.1, -0.05) is 40.1 Å². The average molecular weight is 348 g/mol. The Kier molecular flexibility index (Phi) is 3.82. The number of thioether (sulfide) groups is 1. The molecule has 118 valence electrons. The highest BCUT2D eigenvalue weighted by Crippen LogP contribution is 2.37. The van der Waals surface area contributed by atoms with Crippen LogP contribution in [0.25, 0.3) is 11.5 Å². The standard InChI is InChI=1S/C15H14ClN5OS/c1-9-2-5-12(16)11(6-9)14-18-13(20-22-14)7-23-15-19-17-8-21(15)10-3-4-10/h2,5-6,8,10H,3-4,7H2,1H3. The summed E-state index contributed by atoms with van der Waals surface area (Å²) in [7, 11) is 0. The van der Waals surface area contributed by atoms with Crippen LogP contribution in [-0.4, -0.2) is 24.9 Å². The second-order valence-corrected chi connectivity index (χ2v) is 6.89. The van der Waals surface area contributed by atoms with E-state index >= 15 is 0 Å². The Balaban J connectivity index is 1.49. The first kappa shape index (κ1) is 14.7. The van der Waals surface area contributed by atoms with E-state index in [2.05, 4.69) is 24.9 Å². The molecule has 0 bridgehead atoms. The summed E-state index contributed by atoms with van der Waals surface area (Å²) in [5.41, 5.74) is 1.85. The highest BCUT2D eigenvalue weighted by molar-refractivity contribution is 7.98. The average Bonchev–Trinajstić information content (AvgIpc) is 3.10. The zero-order valence-electron chi connectivity index (χ0n) is 12.4. The van der Waals surface area contributed by atoms with E-state index in [1.165, 1.54) is 12.8 Å². The molecule has 0 spiro atoms. The summed E-state index contributed by atoms with van der Waals surface area (Å²) in [5, 5.41) is 13.7. The van der Waals surface area contributed by atoms with Crippen LogP contribution in [0.4, 0.5) is 0 Å². The molecule has 8 heteroatoms. The van der Waals surface area contributed by atoms with Gasteiger partial charge in [0.1, 0.15) is 6.33 Å². The van der Waals surface area contributed by atoms with Crippen molar-refractivity contribution in [3.63, 3.8) is 0 Å². The smallest absolute Gasteiger partial charge is 0.259 e. The van der Waals surface area contributed by atoms with Gasteiger partial charge in [-0.3, -0.25) is 0 Å². The van der Waals surface area contributed by atoms with Gasteiger partial charge in [0.15, 0.2) is 11.0 Å². The lowest BCUT2D eigenvalue weighted by Crippen LogP contribution is -1.95. The predicted octanol–water partition coefficient (Wildman–Crippen LogP) is 3.92. The summed E-state index contributed by atoms with van der Waals surface area (Å²) in [6.45, 7) is 2.00. The number of hydrogen-bond acceptors (Lipinski definition) is 6. The third kappa shape index (κ3) is 3.11. The second-order valence-electron chi connectivity index (χ2n) is 5.54. The molecule has 0 aliphatic heterocycles. The molecular formula is C15H14ClN5OS. The minimum Gasteiger partial charge on any atom is -0.334 e. The van der Waals surface area contributed by atoms with Crippen LogP contribution in [0.15, 0.2) is 34.2 Å². The van der Waals surface area contributed by atoms with Crippen LogP contribution in [0.2, 0.25) is 5.02 Å². The molecule has 0 radical (unpaired) electrons. The van der Waals surface area contributed by atoms with Crippen LogP contribution in [0.3, 0.4) is 0 Å². The summed E-state index contributed by atoms with van der Waals surface area (Å²) in [4.78, 5) is 4.43. The normalized spacial score (nSPS) is 14.3. The van der Waals surface area contributed by atoms with Crippen molar-refractivity contribution >= 4 is 23.4 Å².